The van der Waals surface area contributed by atoms with Gasteiger partial charge in [-0.25, -0.2) is 4.98 Å². The fourth-order valence-electron chi connectivity index (χ4n) is 3.67. The monoisotopic (exact) mass is 320 g/mol. The van der Waals surface area contributed by atoms with E-state index in [2.05, 4.69) is 42.8 Å². The number of nitrogens with zero attached hydrogens (tertiary/aromatic N) is 2. The third-order valence-corrected chi connectivity index (χ3v) is 5.25. The van der Waals surface area contributed by atoms with E-state index < -0.39 is 0 Å². The van der Waals surface area contributed by atoms with Crippen molar-refractivity contribution in [3.05, 3.63) is 47.7 Å². The number of allylic oxidation sites excluding steroid dienone is 1. The van der Waals surface area contributed by atoms with E-state index in [-0.39, 0.29) is 0 Å². The summed E-state index contributed by atoms with van der Waals surface area (Å²) < 4.78 is 5.47. The van der Waals surface area contributed by atoms with Gasteiger partial charge in [-0.3, -0.25) is 0 Å². The summed E-state index contributed by atoms with van der Waals surface area (Å²) in [7, 11) is 1.80. The van der Waals surface area contributed by atoms with E-state index >= 15 is 0 Å². The minimum absolute atomic E-state index is 0.409. The first-order valence-corrected chi connectivity index (χ1v) is 8.72. The van der Waals surface area contributed by atoms with E-state index in [1.807, 2.05) is 6.07 Å². The van der Waals surface area contributed by atoms with E-state index in [0.717, 1.165) is 48.6 Å². The standard InChI is InChI=1S/C21H24N2O/c1-4-15-11-18-12-17(7-10-20(18)23-21(15)13-22)14(2)16-5-8-19(24-3)9-6-16/h7,10-12,16,19H,2,4-6,8-9H2,1,3H3. The SMILES string of the molecule is C=C(c1ccc2nc(C#N)c(CC)cc2c1)C1CCC(OC)CC1. The Kier molecular flexibility index (Phi) is 4.97. The molecular formula is C21H24N2O. The molecule has 3 rings (SSSR count). The Hall–Kier alpha value is -2.18. The van der Waals surface area contributed by atoms with Crippen LogP contribution in [0.3, 0.4) is 0 Å². The van der Waals surface area contributed by atoms with Crippen molar-refractivity contribution >= 4 is 16.5 Å². The third kappa shape index (κ3) is 3.20. The van der Waals surface area contributed by atoms with Crippen LogP contribution in [0.25, 0.3) is 16.5 Å². The number of aryl methyl sites for hydroxylation is 1. The largest absolute Gasteiger partial charge is 0.381 e. The molecule has 0 spiro atoms. The zero-order valence-corrected chi connectivity index (χ0v) is 14.5. The second kappa shape index (κ2) is 7.15. The van der Waals surface area contributed by atoms with Gasteiger partial charge in [0.25, 0.3) is 0 Å². The predicted octanol–water partition coefficient (Wildman–Crippen LogP) is 4.89. The predicted molar refractivity (Wildman–Crippen MR) is 97.6 cm³/mol. The van der Waals surface area contributed by atoms with Gasteiger partial charge in [0.2, 0.25) is 0 Å². The Labute approximate surface area is 144 Å². The Morgan fingerprint density at radius 3 is 2.67 bits per heavy atom. The molecule has 2 aromatic rings. The van der Waals surface area contributed by atoms with Crippen molar-refractivity contribution in [2.75, 3.05) is 7.11 Å². The number of hydrogen-bond acceptors (Lipinski definition) is 3. The summed E-state index contributed by atoms with van der Waals surface area (Å²) in [5.41, 5.74) is 4.83. The minimum Gasteiger partial charge on any atom is -0.381 e. The second-order valence-electron chi connectivity index (χ2n) is 6.60. The van der Waals surface area contributed by atoms with Crippen molar-refractivity contribution < 1.29 is 4.74 Å². The third-order valence-electron chi connectivity index (χ3n) is 5.25. The summed E-state index contributed by atoms with van der Waals surface area (Å²) in [4.78, 5) is 4.49. The second-order valence-corrected chi connectivity index (χ2v) is 6.60. The van der Waals surface area contributed by atoms with Crippen molar-refractivity contribution in [2.45, 2.75) is 45.1 Å². The number of methoxy groups -OCH3 is 1. The fraction of sp³-hybridized carbons (Fsp3) is 0.429. The van der Waals surface area contributed by atoms with Crippen LogP contribution in [0.1, 0.15) is 49.4 Å². The van der Waals surface area contributed by atoms with Gasteiger partial charge < -0.3 is 4.74 Å². The van der Waals surface area contributed by atoms with Crippen molar-refractivity contribution in [3.8, 4) is 6.07 Å². The van der Waals surface area contributed by atoms with Gasteiger partial charge in [-0.1, -0.05) is 19.6 Å². The Balaban J connectivity index is 1.88. The van der Waals surface area contributed by atoms with Crippen LogP contribution in [-0.2, 0) is 11.2 Å². The number of fused-ring (bicyclic) bond motifs is 1. The first kappa shape index (κ1) is 16.7. The molecule has 0 atom stereocenters. The van der Waals surface area contributed by atoms with Gasteiger partial charge in [-0.2, -0.15) is 5.26 Å². The molecular weight excluding hydrogens is 296 g/mol. The van der Waals surface area contributed by atoms with Crippen molar-refractivity contribution in [3.63, 3.8) is 0 Å². The van der Waals surface area contributed by atoms with Crippen molar-refractivity contribution in [2.24, 2.45) is 5.92 Å². The average molecular weight is 320 g/mol. The number of hydrogen-bond donors (Lipinski definition) is 0. The first-order valence-electron chi connectivity index (χ1n) is 8.72. The molecule has 0 aliphatic heterocycles. The summed E-state index contributed by atoms with van der Waals surface area (Å²) in [6, 6.07) is 10.6. The molecule has 3 heteroatoms. The van der Waals surface area contributed by atoms with E-state index in [1.54, 1.807) is 7.11 Å². The molecule has 1 aliphatic carbocycles. The maximum atomic E-state index is 9.23. The highest BCUT2D eigenvalue weighted by molar-refractivity contribution is 5.84. The highest BCUT2D eigenvalue weighted by atomic mass is 16.5. The van der Waals surface area contributed by atoms with Crippen LogP contribution in [-0.4, -0.2) is 18.2 Å². The maximum Gasteiger partial charge on any atom is 0.144 e. The average Bonchev–Trinajstić information content (AvgIpc) is 2.65. The number of benzene rings is 1. The molecule has 1 aliphatic rings. The molecule has 0 amide bonds. The highest BCUT2D eigenvalue weighted by Crippen LogP contribution is 2.36. The zero-order valence-electron chi connectivity index (χ0n) is 14.5. The number of ether oxygens (including phenoxy) is 1. The molecule has 0 bridgehead atoms. The summed E-state index contributed by atoms with van der Waals surface area (Å²) in [6.45, 7) is 6.43. The van der Waals surface area contributed by atoms with Crippen LogP contribution in [0.2, 0.25) is 0 Å². The van der Waals surface area contributed by atoms with Crippen LogP contribution in [0.15, 0.2) is 30.8 Å². The fourth-order valence-corrected chi connectivity index (χ4v) is 3.67. The van der Waals surface area contributed by atoms with Gasteiger partial charge in [-0.15, -0.1) is 0 Å². The molecule has 0 N–H and O–H groups in total. The van der Waals surface area contributed by atoms with Crippen LogP contribution in [0, 0.1) is 17.2 Å². The van der Waals surface area contributed by atoms with E-state index in [4.69, 9.17) is 4.74 Å². The van der Waals surface area contributed by atoms with Crippen LogP contribution >= 0.6 is 0 Å². The van der Waals surface area contributed by atoms with Gasteiger partial charge >= 0.3 is 0 Å². The molecule has 1 heterocycles. The molecule has 1 fully saturated rings. The number of rotatable bonds is 4. The smallest absolute Gasteiger partial charge is 0.144 e. The first-order chi connectivity index (χ1) is 11.7. The number of nitriles is 1. The molecule has 3 nitrogen and oxygen atoms in total. The van der Waals surface area contributed by atoms with Gasteiger partial charge in [0, 0.05) is 12.5 Å². The molecule has 0 unspecified atom stereocenters. The quantitative estimate of drug-likeness (QED) is 0.806. The van der Waals surface area contributed by atoms with Crippen LogP contribution < -0.4 is 0 Å². The Morgan fingerprint density at radius 2 is 2.04 bits per heavy atom. The minimum atomic E-state index is 0.409. The van der Waals surface area contributed by atoms with E-state index in [9.17, 15) is 5.26 Å². The van der Waals surface area contributed by atoms with Crippen molar-refractivity contribution in [1.29, 1.82) is 5.26 Å². The molecule has 24 heavy (non-hydrogen) atoms. The summed E-state index contributed by atoms with van der Waals surface area (Å²) >= 11 is 0. The normalized spacial score (nSPS) is 20.7. The molecule has 124 valence electrons. The topological polar surface area (TPSA) is 45.9 Å². The lowest BCUT2D eigenvalue weighted by molar-refractivity contribution is 0.0638. The lowest BCUT2D eigenvalue weighted by atomic mass is 9.80. The van der Waals surface area contributed by atoms with E-state index in [0.29, 0.717) is 17.7 Å². The van der Waals surface area contributed by atoms with E-state index in [1.165, 1.54) is 11.1 Å². The van der Waals surface area contributed by atoms with Gasteiger partial charge in [0.05, 0.1) is 11.6 Å². The van der Waals surface area contributed by atoms with Crippen LogP contribution in [0.4, 0.5) is 0 Å². The molecule has 1 aromatic carbocycles. The Morgan fingerprint density at radius 1 is 1.29 bits per heavy atom. The van der Waals surface area contributed by atoms with Gasteiger partial charge in [0.15, 0.2) is 0 Å². The van der Waals surface area contributed by atoms with Crippen molar-refractivity contribution in [1.82, 2.24) is 4.98 Å². The number of pyridine rings is 1. The summed E-state index contributed by atoms with van der Waals surface area (Å²) in [6.07, 6.45) is 5.73. The molecule has 1 aromatic heterocycles. The summed E-state index contributed by atoms with van der Waals surface area (Å²) in [5, 5.41) is 10.3. The highest BCUT2D eigenvalue weighted by Gasteiger charge is 2.23. The molecule has 0 radical (unpaired) electrons. The Bertz CT molecular complexity index is 795. The summed E-state index contributed by atoms with van der Waals surface area (Å²) in [5.74, 6) is 0.533. The lowest BCUT2D eigenvalue weighted by Crippen LogP contribution is -2.20. The maximum absolute atomic E-state index is 9.23. The van der Waals surface area contributed by atoms with Gasteiger partial charge in [-0.05, 0) is 72.9 Å². The molecule has 0 saturated heterocycles. The zero-order chi connectivity index (χ0) is 17.1. The molecule has 1 saturated carbocycles. The van der Waals surface area contributed by atoms with Gasteiger partial charge in [0.1, 0.15) is 11.8 Å². The number of aromatic nitrogens is 1. The lowest BCUT2D eigenvalue weighted by Gasteiger charge is -2.29. The van der Waals surface area contributed by atoms with Crippen LogP contribution in [0.5, 0.6) is 0 Å².